The number of aliphatic hydroxyl groups excluding tert-OH is 1. The average Bonchev–Trinajstić information content (AvgIpc) is 3.18. The van der Waals surface area contributed by atoms with E-state index in [1.165, 1.54) is 4.57 Å². The number of aliphatic hydroxyl groups is 1. The van der Waals surface area contributed by atoms with Crippen LogP contribution in [0.25, 0.3) is 16.8 Å². The van der Waals surface area contributed by atoms with Crippen molar-refractivity contribution in [3.05, 3.63) is 88.0 Å². The molecule has 6 heteroatoms. The zero-order valence-corrected chi connectivity index (χ0v) is 17.4. The predicted octanol–water partition coefficient (Wildman–Crippen LogP) is 3.91. The summed E-state index contributed by atoms with van der Waals surface area (Å²) in [5, 5.41) is 15.3. The van der Waals surface area contributed by atoms with E-state index in [2.05, 4.69) is 5.10 Å². The molecule has 1 N–H and O–H groups in total. The molecular weight excluding hydrogens is 378 g/mol. The number of nitrogens with zero attached hydrogens (tertiary/aromatic N) is 3. The van der Waals surface area contributed by atoms with Gasteiger partial charge >= 0.3 is 0 Å². The van der Waals surface area contributed by atoms with Gasteiger partial charge in [-0.1, -0.05) is 23.8 Å². The summed E-state index contributed by atoms with van der Waals surface area (Å²) in [6, 6.07) is 15.4. The van der Waals surface area contributed by atoms with Crippen LogP contribution in [0.3, 0.4) is 0 Å². The highest BCUT2D eigenvalue weighted by atomic mass is 16.5. The molecule has 4 aromatic rings. The third-order valence-electron chi connectivity index (χ3n) is 5.23. The summed E-state index contributed by atoms with van der Waals surface area (Å²) in [6.45, 7) is 6.69. The van der Waals surface area contributed by atoms with Gasteiger partial charge in [-0.2, -0.15) is 5.10 Å². The van der Waals surface area contributed by atoms with Crippen LogP contribution in [0.5, 0.6) is 5.75 Å². The molecule has 0 aliphatic carbocycles. The van der Waals surface area contributed by atoms with E-state index in [0.717, 1.165) is 28.0 Å². The molecular formula is C24H25N3O3. The summed E-state index contributed by atoms with van der Waals surface area (Å²) < 4.78 is 8.59. The number of hydrogen-bond donors (Lipinski definition) is 1. The topological polar surface area (TPSA) is 68.8 Å². The molecule has 0 bridgehead atoms. The van der Waals surface area contributed by atoms with Crippen LogP contribution >= 0.6 is 0 Å². The zero-order valence-electron chi connectivity index (χ0n) is 17.4. The second kappa shape index (κ2) is 8.16. The molecule has 0 fully saturated rings. The molecule has 0 radical (unpaired) electrons. The Hall–Kier alpha value is -3.38. The van der Waals surface area contributed by atoms with Crippen LogP contribution in [0.15, 0.2) is 65.7 Å². The van der Waals surface area contributed by atoms with Gasteiger partial charge in [-0.3, -0.25) is 4.79 Å². The Morgan fingerprint density at radius 1 is 1.07 bits per heavy atom. The first-order valence-electron chi connectivity index (χ1n) is 10.0. The first-order chi connectivity index (χ1) is 14.5. The molecule has 154 valence electrons. The highest BCUT2D eigenvalue weighted by Gasteiger charge is 2.15. The van der Waals surface area contributed by atoms with Crippen molar-refractivity contribution >= 4 is 5.52 Å². The normalized spacial score (nSPS) is 12.3. The molecule has 6 nitrogen and oxygen atoms in total. The number of hydrogen-bond acceptors (Lipinski definition) is 4. The smallest absolute Gasteiger partial charge is 0.276 e. The Bertz CT molecular complexity index is 1240. The van der Waals surface area contributed by atoms with E-state index in [0.29, 0.717) is 17.8 Å². The average molecular weight is 403 g/mol. The van der Waals surface area contributed by atoms with E-state index in [1.807, 2.05) is 63.2 Å². The molecule has 30 heavy (non-hydrogen) atoms. The number of aromatic nitrogens is 3. The SMILES string of the molecule is CCOc1ccc(-c2cc3c(=O)n(C[C@@H](O)c4cc(C)ccc4C)ccn3n2)cc1. The van der Waals surface area contributed by atoms with E-state index in [9.17, 15) is 9.90 Å². The summed E-state index contributed by atoms with van der Waals surface area (Å²) in [7, 11) is 0. The third kappa shape index (κ3) is 3.86. The monoisotopic (exact) mass is 403 g/mol. The van der Waals surface area contributed by atoms with Gasteiger partial charge in [0, 0.05) is 18.0 Å². The van der Waals surface area contributed by atoms with E-state index in [-0.39, 0.29) is 12.1 Å². The van der Waals surface area contributed by atoms with Gasteiger partial charge in [-0.15, -0.1) is 0 Å². The molecule has 1 atom stereocenters. The minimum absolute atomic E-state index is 0.184. The first-order valence-corrected chi connectivity index (χ1v) is 10.0. The fourth-order valence-corrected chi connectivity index (χ4v) is 3.60. The number of ether oxygens (including phenoxy) is 1. The second-order valence-corrected chi connectivity index (χ2v) is 7.45. The van der Waals surface area contributed by atoms with E-state index in [1.54, 1.807) is 23.0 Å². The van der Waals surface area contributed by atoms with Gasteiger partial charge in [-0.05, 0) is 62.2 Å². The van der Waals surface area contributed by atoms with Crippen LogP contribution in [0, 0.1) is 13.8 Å². The maximum absolute atomic E-state index is 13.0. The molecule has 0 aliphatic heterocycles. The lowest BCUT2D eigenvalue weighted by atomic mass is 10.0. The Balaban J connectivity index is 1.64. The summed E-state index contributed by atoms with van der Waals surface area (Å²) >= 11 is 0. The van der Waals surface area contributed by atoms with Crippen LogP contribution in [-0.4, -0.2) is 25.9 Å². The van der Waals surface area contributed by atoms with Gasteiger partial charge in [-0.25, -0.2) is 4.52 Å². The highest BCUT2D eigenvalue weighted by molar-refractivity contribution is 5.66. The summed E-state index contributed by atoms with van der Waals surface area (Å²) in [4.78, 5) is 13.0. The summed E-state index contributed by atoms with van der Waals surface area (Å²) in [5.74, 6) is 0.799. The van der Waals surface area contributed by atoms with Gasteiger partial charge in [0.25, 0.3) is 5.56 Å². The molecule has 2 heterocycles. The number of benzene rings is 2. The molecule has 0 unspecified atom stereocenters. The quantitative estimate of drug-likeness (QED) is 0.530. The lowest BCUT2D eigenvalue weighted by Crippen LogP contribution is -2.24. The molecule has 0 saturated carbocycles. The van der Waals surface area contributed by atoms with Crippen molar-refractivity contribution in [1.29, 1.82) is 0 Å². The van der Waals surface area contributed by atoms with Gasteiger partial charge in [0.05, 0.1) is 24.9 Å². The van der Waals surface area contributed by atoms with Gasteiger partial charge in [0.2, 0.25) is 0 Å². The van der Waals surface area contributed by atoms with Crippen molar-refractivity contribution in [2.75, 3.05) is 6.61 Å². The van der Waals surface area contributed by atoms with Crippen molar-refractivity contribution in [2.45, 2.75) is 33.4 Å². The van der Waals surface area contributed by atoms with Crippen molar-refractivity contribution in [2.24, 2.45) is 0 Å². The van der Waals surface area contributed by atoms with Gasteiger partial charge in [0.1, 0.15) is 11.3 Å². The fourth-order valence-electron chi connectivity index (χ4n) is 3.60. The molecule has 0 spiro atoms. The molecule has 0 saturated heterocycles. The lowest BCUT2D eigenvalue weighted by molar-refractivity contribution is 0.154. The van der Waals surface area contributed by atoms with Crippen LogP contribution in [0.1, 0.15) is 29.7 Å². The van der Waals surface area contributed by atoms with Crippen LogP contribution in [0.2, 0.25) is 0 Å². The third-order valence-corrected chi connectivity index (χ3v) is 5.23. The lowest BCUT2D eigenvalue weighted by Gasteiger charge is -2.16. The Labute approximate surface area is 175 Å². The molecule has 0 aliphatic rings. The molecule has 2 aromatic heterocycles. The molecule has 0 amide bonds. The van der Waals surface area contributed by atoms with Crippen molar-refractivity contribution in [3.8, 4) is 17.0 Å². The minimum atomic E-state index is -0.765. The standard InChI is InChI=1S/C24H25N3O3/c1-4-30-19-9-7-18(8-10-19)21-14-22-24(29)26(11-12-27(22)25-21)15-23(28)20-13-16(2)5-6-17(20)3/h5-14,23,28H,4,15H2,1-3H3/t23-/m1/s1. The maximum Gasteiger partial charge on any atom is 0.276 e. The first kappa shape index (κ1) is 19.9. The van der Waals surface area contributed by atoms with Crippen LogP contribution in [-0.2, 0) is 6.54 Å². The van der Waals surface area contributed by atoms with Crippen molar-refractivity contribution < 1.29 is 9.84 Å². The van der Waals surface area contributed by atoms with Crippen LogP contribution < -0.4 is 10.3 Å². The highest BCUT2D eigenvalue weighted by Crippen LogP contribution is 2.23. The number of aryl methyl sites for hydroxylation is 2. The number of rotatable bonds is 6. The summed E-state index contributed by atoms with van der Waals surface area (Å²) in [6.07, 6.45) is 2.64. The van der Waals surface area contributed by atoms with Gasteiger partial charge < -0.3 is 14.4 Å². The predicted molar refractivity (Wildman–Crippen MR) is 117 cm³/mol. The Morgan fingerprint density at radius 2 is 1.83 bits per heavy atom. The van der Waals surface area contributed by atoms with Crippen molar-refractivity contribution in [3.63, 3.8) is 0 Å². The minimum Gasteiger partial charge on any atom is -0.494 e. The number of fused-ring (bicyclic) bond motifs is 1. The summed E-state index contributed by atoms with van der Waals surface area (Å²) in [5.41, 5.74) is 4.82. The zero-order chi connectivity index (χ0) is 21.3. The maximum atomic E-state index is 13.0. The van der Waals surface area contributed by atoms with E-state index in [4.69, 9.17) is 4.74 Å². The van der Waals surface area contributed by atoms with E-state index >= 15 is 0 Å². The Kier molecular flexibility index (Phi) is 5.42. The molecule has 4 rings (SSSR count). The largest absolute Gasteiger partial charge is 0.494 e. The van der Waals surface area contributed by atoms with Gasteiger partial charge in [0.15, 0.2) is 0 Å². The van der Waals surface area contributed by atoms with Crippen LogP contribution in [0.4, 0.5) is 0 Å². The van der Waals surface area contributed by atoms with E-state index < -0.39 is 6.10 Å². The second-order valence-electron chi connectivity index (χ2n) is 7.45. The Morgan fingerprint density at radius 3 is 2.57 bits per heavy atom. The molecule has 2 aromatic carbocycles. The fraction of sp³-hybridized carbons (Fsp3) is 0.250. The van der Waals surface area contributed by atoms with Crippen molar-refractivity contribution in [1.82, 2.24) is 14.2 Å².